The second-order valence-corrected chi connectivity index (χ2v) is 12.9. The smallest absolute Gasteiger partial charge is 0.178 e. The van der Waals surface area contributed by atoms with E-state index in [0.717, 1.165) is 77.3 Å². The highest BCUT2D eigenvalue weighted by Crippen LogP contribution is 2.44. The first-order valence-corrected chi connectivity index (χ1v) is 17.0. The average Bonchev–Trinajstić information content (AvgIpc) is 3.97. The van der Waals surface area contributed by atoms with Gasteiger partial charge in [-0.2, -0.15) is 0 Å². The number of benzene rings is 6. The molecule has 1 aliphatic rings. The number of hydrogen-bond donors (Lipinski definition) is 0. The molecule has 0 fully saturated rings. The number of rotatable bonds is 5. The van der Waals surface area contributed by atoms with E-state index in [1.807, 2.05) is 60.8 Å². The Labute approximate surface area is 291 Å². The lowest BCUT2D eigenvalue weighted by Gasteiger charge is -2.22. The predicted molar refractivity (Wildman–Crippen MR) is 205 cm³/mol. The Balaban J connectivity index is 1.09. The highest BCUT2D eigenvalue weighted by atomic mass is 16.5. The van der Waals surface area contributed by atoms with Crippen molar-refractivity contribution in [3.05, 3.63) is 158 Å². The Morgan fingerprint density at radius 1 is 0.510 bits per heavy atom. The fourth-order valence-corrected chi connectivity index (χ4v) is 7.54. The number of fused-ring (bicyclic) bond motifs is 9. The first kappa shape index (κ1) is 27.9. The average molecular weight is 661 g/mol. The summed E-state index contributed by atoms with van der Waals surface area (Å²) in [5.74, 6) is 2.18. The lowest BCUT2D eigenvalue weighted by molar-refractivity contribution is 0.477. The van der Waals surface area contributed by atoms with Gasteiger partial charge in [-0.15, -0.1) is 0 Å². The van der Waals surface area contributed by atoms with E-state index in [1.54, 1.807) is 0 Å². The Morgan fingerprint density at radius 2 is 1.25 bits per heavy atom. The molecule has 0 amide bonds. The molecule has 0 saturated carbocycles. The van der Waals surface area contributed by atoms with Crippen LogP contribution in [-0.4, -0.2) is 16.2 Å². The van der Waals surface area contributed by atoms with Crippen molar-refractivity contribution in [2.75, 3.05) is 16.5 Å². The van der Waals surface area contributed by atoms with Crippen LogP contribution >= 0.6 is 0 Å². The van der Waals surface area contributed by atoms with Crippen molar-refractivity contribution in [1.82, 2.24) is 9.55 Å². The number of furan rings is 2. The number of pyridine rings is 1. The van der Waals surface area contributed by atoms with E-state index in [2.05, 4.69) is 112 Å². The van der Waals surface area contributed by atoms with Crippen LogP contribution in [0.25, 0.3) is 71.5 Å². The molecule has 11 rings (SSSR count). The van der Waals surface area contributed by atoms with Gasteiger partial charge in [-0.3, -0.25) is 4.57 Å². The molecule has 0 aliphatic carbocycles. The molecule has 6 aromatic carbocycles. The third-order valence-corrected chi connectivity index (χ3v) is 9.92. The topological polar surface area (TPSA) is 59.8 Å². The lowest BCUT2D eigenvalue weighted by atomic mass is 10.1. The standard InChI is InChI=1S/C44H28N4O3/c1-2-10-28(11-3-1)46-20-21-47(27-46)29-22-36-35-25-34-33-13-5-7-15-39(33)50-40(34)26-41(35)51-44(36)42(23-29)49-30-17-18-32-31-12-4-6-14-37(31)48(38(32)24-30)43-16-8-9-19-45-43/h1-26H,27H2. The van der Waals surface area contributed by atoms with E-state index in [1.165, 1.54) is 0 Å². The maximum Gasteiger partial charge on any atom is 0.178 e. The van der Waals surface area contributed by atoms with Gasteiger partial charge in [0, 0.05) is 80.5 Å². The minimum Gasteiger partial charge on any atom is -0.456 e. The Bertz CT molecular complexity index is 2990. The predicted octanol–water partition coefficient (Wildman–Crippen LogP) is 11.5. The largest absolute Gasteiger partial charge is 0.456 e. The summed E-state index contributed by atoms with van der Waals surface area (Å²) in [4.78, 5) is 9.16. The normalized spacial score (nSPS) is 13.3. The highest BCUT2D eigenvalue weighted by Gasteiger charge is 2.22. The van der Waals surface area contributed by atoms with Gasteiger partial charge in [-0.1, -0.05) is 60.7 Å². The van der Waals surface area contributed by atoms with Crippen LogP contribution in [0, 0.1) is 0 Å². The van der Waals surface area contributed by atoms with Crippen LogP contribution in [0.1, 0.15) is 0 Å². The number of para-hydroxylation sites is 3. The molecule has 7 nitrogen and oxygen atoms in total. The summed E-state index contributed by atoms with van der Waals surface area (Å²) in [6.07, 6.45) is 6.05. The van der Waals surface area contributed by atoms with Crippen LogP contribution in [-0.2, 0) is 0 Å². The van der Waals surface area contributed by atoms with Crippen LogP contribution in [0.2, 0.25) is 0 Å². The molecule has 0 saturated heterocycles. The molecule has 4 aromatic heterocycles. The van der Waals surface area contributed by atoms with Crippen LogP contribution < -0.4 is 14.5 Å². The summed E-state index contributed by atoms with van der Waals surface area (Å²) in [6, 6.07) is 47.7. The molecule has 0 bridgehead atoms. The number of anilines is 2. The summed E-state index contributed by atoms with van der Waals surface area (Å²) in [7, 11) is 0. The fraction of sp³-hybridized carbons (Fsp3) is 0.0227. The molecule has 0 spiro atoms. The van der Waals surface area contributed by atoms with E-state index in [-0.39, 0.29) is 0 Å². The van der Waals surface area contributed by atoms with Gasteiger partial charge in [0.25, 0.3) is 0 Å². The molecule has 0 unspecified atom stereocenters. The van der Waals surface area contributed by atoms with Gasteiger partial charge in [0.05, 0.1) is 17.7 Å². The molecular weight excluding hydrogens is 633 g/mol. The fourth-order valence-electron chi connectivity index (χ4n) is 7.54. The van der Waals surface area contributed by atoms with Crippen LogP contribution in [0.4, 0.5) is 11.4 Å². The zero-order chi connectivity index (χ0) is 33.5. The maximum absolute atomic E-state index is 6.86. The Morgan fingerprint density at radius 3 is 2.14 bits per heavy atom. The van der Waals surface area contributed by atoms with Gasteiger partial charge in [0.2, 0.25) is 0 Å². The van der Waals surface area contributed by atoms with Crippen molar-refractivity contribution < 1.29 is 13.6 Å². The monoisotopic (exact) mass is 660 g/mol. The third-order valence-electron chi connectivity index (χ3n) is 9.92. The summed E-state index contributed by atoms with van der Waals surface area (Å²) in [6.45, 7) is 0.664. The van der Waals surface area contributed by atoms with Gasteiger partial charge in [-0.25, -0.2) is 4.98 Å². The zero-order valence-corrected chi connectivity index (χ0v) is 27.2. The number of aromatic nitrogens is 2. The quantitative estimate of drug-likeness (QED) is 0.183. The van der Waals surface area contributed by atoms with Crippen LogP contribution in [0.5, 0.6) is 11.5 Å². The van der Waals surface area contributed by atoms with E-state index >= 15 is 0 Å². The molecule has 0 radical (unpaired) electrons. The third kappa shape index (κ3) is 4.35. The highest BCUT2D eigenvalue weighted by molar-refractivity contribution is 6.16. The van der Waals surface area contributed by atoms with E-state index < -0.39 is 0 Å². The molecular formula is C44H28N4O3. The lowest BCUT2D eigenvalue weighted by Crippen LogP contribution is -2.24. The number of hydrogen-bond acceptors (Lipinski definition) is 6. The van der Waals surface area contributed by atoms with Crippen molar-refractivity contribution >= 4 is 77.1 Å². The molecule has 10 aromatic rings. The van der Waals surface area contributed by atoms with Crippen molar-refractivity contribution in [1.29, 1.82) is 0 Å². The molecule has 5 heterocycles. The van der Waals surface area contributed by atoms with Crippen molar-refractivity contribution in [3.8, 4) is 17.3 Å². The summed E-state index contributed by atoms with van der Waals surface area (Å²) in [5, 5.41) is 6.40. The van der Waals surface area contributed by atoms with E-state index in [9.17, 15) is 0 Å². The Kier molecular flexibility index (Phi) is 5.89. The maximum atomic E-state index is 6.86. The summed E-state index contributed by atoms with van der Waals surface area (Å²) in [5.41, 5.74) is 7.30. The van der Waals surface area contributed by atoms with Gasteiger partial charge >= 0.3 is 0 Å². The minimum atomic E-state index is 0.631. The second-order valence-electron chi connectivity index (χ2n) is 12.9. The summed E-state index contributed by atoms with van der Waals surface area (Å²) < 4.78 is 21.9. The van der Waals surface area contributed by atoms with Gasteiger partial charge in [0.15, 0.2) is 11.3 Å². The van der Waals surface area contributed by atoms with E-state index in [0.29, 0.717) is 23.8 Å². The molecule has 7 heteroatoms. The van der Waals surface area contributed by atoms with Crippen molar-refractivity contribution in [2.24, 2.45) is 0 Å². The molecule has 0 atom stereocenters. The van der Waals surface area contributed by atoms with Gasteiger partial charge < -0.3 is 23.4 Å². The SMILES string of the molecule is C1=CN(c2cc(Oc3ccc4c5ccccc5n(-c5ccccn5)c4c3)c3oc4cc5oc6ccccc6c5cc4c3c2)CN1c1ccccc1. The second kappa shape index (κ2) is 10.8. The first-order chi connectivity index (χ1) is 25.2. The van der Waals surface area contributed by atoms with Crippen molar-refractivity contribution in [3.63, 3.8) is 0 Å². The Hall–Kier alpha value is -6.99. The molecule has 51 heavy (non-hydrogen) atoms. The molecule has 0 N–H and O–H groups in total. The van der Waals surface area contributed by atoms with Crippen LogP contribution in [0.15, 0.2) is 167 Å². The molecule has 242 valence electrons. The van der Waals surface area contributed by atoms with Gasteiger partial charge in [0.1, 0.15) is 28.3 Å². The number of nitrogens with zero attached hydrogens (tertiary/aromatic N) is 4. The minimum absolute atomic E-state index is 0.631. The van der Waals surface area contributed by atoms with E-state index in [4.69, 9.17) is 18.6 Å². The number of ether oxygens (including phenoxy) is 1. The molecule has 1 aliphatic heterocycles. The summed E-state index contributed by atoms with van der Waals surface area (Å²) >= 11 is 0. The van der Waals surface area contributed by atoms with Gasteiger partial charge in [-0.05, 0) is 60.7 Å². The van der Waals surface area contributed by atoms with Crippen molar-refractivity contribution in [2.45, 2.75) is 0 Å². The zero-order valence-electron chi connectivity index (χ0n) is 27.2. The van der Waals surface area contributed by atoms with Crippen LogP contribution in [0.3, 0.4) is 0 Å². The first-order valence-electron chi connectivity index (χ1n) is 17.0.